The summed E-state index contributed by atoms with van der Waals surface area (Å²) in [4.78, 5) is 22.0. The molecule has 2 aromatic carbocycles. The van der Waals surface area contributed by atoms with Crippen molar-refractivity contribution >= 4 is 23.2 Å². The van der Waals surface area contributed by atoms with E-state index in [2.05, 4.69) is 16.4 Å². The summed E-state index contributed by atoms with van der Waals surface area (Å²) in [6.45, 7) is 4.85. The minimum absolute atomic E-state index is 0.0882. The summed E-state index contributed by atoms with van der Waals surface area (Å²) in [6, 6.07) is 15.1. The van der Waals surface area contributed by atoms with E-state index in [-0.39, 0.29) is 11.8 Å². The average molecular weight is 394 g/mol. The van der Waals surface area contributed by atoms with Gasteiger partial charge in [-0.3, -0.25) is 9.59 Å². The van der Waals surface area contributed by atoms with Gasteiger partial charge in [-0.2, -0.15) is 0 Å². The molecule has 0 aromatic heterocycles. The van der Waals surface area contributed by atoms with Crippen LogP contribution in [0.4, 0.5) is 11.4 Å². The van der Waals surface area contributed by atoms with Gasteiger partial charge in [0.15, 0.2) is 0 Å². The van der Waals surface area contributed by atoms with E-state index in [1.54, 1.807) is 12.2 Å². The third kappa shape index (κ3) is 9.53. The van der Waals surface area contributed by atoms with Crippen molar-refractivity contribution in [2.45, 2.75) is 27.1 Å². The second-order valence-electron chi connectivity index (χ2n) is 6.36. The maximum absolute atomic E-state index is 11.0. The molecular formula is C23H26N2O4. The Labute approximate surface area is 171 Å². The lowest BCUT2D eigenvalue weighted by Gasteiger charge is -2.04. The molecule has 29 heavy (non-hydrogen) atoms. The van der Waals surface area contributed by atoms with Crippen LogP contribution in [-0.4, -0.2) is 25.0 Å². The van der Waals surface area contributed by atoms with Crippen molar-refractivity contribution in [2.24, 2.45) is 0 Å². The molecule has 6 nitrogen and oxygen atoms in total. The van der Waals surface area contributed by atoms with E-state index in [0.717, 1.165) is 22.5 Å². The lowest BCUT2D eigenvalue weighted by Crippen LogP contribution is -2.05. The van der Waals surface area contributed by atoms with Crippen LogP contribution in [0.3, 0.4) is 0 Å². The van der Waals surface area contributed by atoms with Gasteiger partial charge in [0, 0.05) is 25.2 Å². The number of anilines is 2. The summed E-state index contributed by atoms with van der Waals surface area (Å²) in [5, 5.41) is 5.45. The molecule has 0 radical (unpaired) electrons. The standard InChI is InChI=1S/C23H26N2O4/c1-18(26)24-22-10-6-20(7-11-22)16-28-14-4-3-5-15-29-17-21-8-12-23(13-9-21)25-19(2)27/h4-13H,14-17H2,1-2H3,(H,24,26)(H,25,27). The van der Waals surface area contributed by atoms with Crippen LogP contribution in [0.15, 0.2) is 66.4 Å². The number of nitrogens with one attached hydrogen (secondary N) is 2. The van der Waals surface area contributed by atoms with Gasteiger partial charge in [-0.1, -0.05) is 24.3 Å². The largest absolute Gasteiger partial charge is 0.372 e. The predicted octanol–water partition coefficient (Wildman–Crippen LogP) is 4.05. The van der Waals surface area contributed by atoms with E-state index < -0.39 is 0 Å². The average Bonchev–Trinajstić information content (AvgIpc) is 2.68. The Balaban J connectivity index is 1.59. The van der Waals surface area contributed by atoms with Crippen molar-refractivity contribution < 1.29 is 19.1 Å². The molecule has 2 aromatic rings. The first-order valence-electron chi connectivity index (χ1n) is 9.31. The quantitative estimate of drug-likeness (QED) is 0.471. The fourth-order valence-electron chi connectivity index (χ4n) is 2.43. The van der Waals surface area contributed by atoms with Gasteiger partial charge in [0.05, 0.1) is 26.4 Å². The van der Waals surface area contributed by atoms with Crippen LogP contribution in [0.25, 0.3) is 0 Å². The van der Waals surface area contributed by atoms with Gasteiger partial charge >= 0.3 is 0 Å². The normalized spacial score (nSPS) is 10.0. The van der Waals surface area contributed by atoms with Crippen LogP contribution >= 0.6 is 0 Å². The van der Waals surface area contributed by atoms with Gasteiger partial charge in [-0.15, -0.1) is 5.73 Å². The second kappa shape index (κ2) is 12.3. The van der Waals surface area contributed by atoms with Crippen molar-refractivity contribution in [2.75, 3.05) is 23.8 Å². The first kappa shape index (κ1) is 22.1. The van der Waals surface area contributed by atoms with Crippen LogP contribution in [0.2, 0.25) is 0 Å². The zero-order chi connectivity index (χ0) is 20.9. The molecule has 152 valence electrons. The Bertz CT molecular complexity index is 782. The summed E-state index contributed by atoms with van der Waals surface area (Å²) < 4.78 is 11.1. The summed E-state index contributed by atoms with van der Waals surface area (Å²) in [5.41, 5.74) is 6.63. The van der Waals surface area contributed by atoms with E-state index in [1.807, 2.05) is 48.5 Å². The molecule has 0 aliphatic rings. The van der Waals surface area contributed by atoms with Crippen molar-refractivity contribution in [1.82, 2.24) is 0 Å². The van der Waals surface area contributed by atoms with Gasteiger partial charge in [-0.25, -0.2) is 0 Å². The topological polar surface area (TPSA) is 76.7 Å². The molecule has 0 spiro atoms. The third-order valence-electron chi connectivity index (χ3n) is 3.72. The van der Waals surface area contributed by atoms with Crippen molar-refractivity contribution in [1.29, 1.82) is 0 Å². The lowest BCUT2D eigenvalue weighted by molar-refractivity contribution is -0.115. The highest BCUT2D eigenvalue weighted by Gasteiger charge is 1.97. The zero-order valence-corrected chi connectivity index (χ0v) is 16.7. The number of benzene rings is 2. The molecule has 0 fully saturated rings. The van der Waals surface area contributed by atoms with E-state index >= 15 is 0 Å². The number of carbonyl (C=O) groups excluding carboxylic acids is 2. The first-order chi connectivity index (χ1) is 14.0. The molecule has 0 aliphatic heterocycles. The molecule has 2 amide bonds. The number of hydrogen-bond donors (Lipinski definition) is 2. The third-order valence-corrected chi connectivity index (χ3v) is 3.72. The number of hydrogen-bond acceptors (Lipinski definition) is 4. The minimum Gasteiger partial charge on any atom is -0.372 e. The molecule has 2 N–H and O–H groups in total. The predicted molar refractivity (Wildman–Crippen MR) is 113 cm³/mol. The highest BCUT2D eigenvalue weighted by Crippen LogP contribution is 2.11. The molecule has 0 heterocycles. The summed E-state index contributed by atoms with van der Waals surface area (Å²) in [7, 11) is 0. The van der Waals surface area contributed by atoms with Gasteiger partial charge in [0.25, 0.3) is 0 Å². The molecule has 0 bridgehead atoms. The van der Waals surface area contributed by atoms with Crippen LogP contribution in [-0.2, 0) is 32.3 Å². The number of amides is 2. The van der Waals surface area contributed by atoms with E-state index in [0.29, 0.717) is 26.4 Å². The first-order valence-corrected chi connectivity index (χ1v) is 9.31. The molecular weight excluding hydrogens is 368 g/mol. The van der Waals surface area contributed by atoms with Crippen molar-refractivity contribution in [3.63, 3.8) is 0 Å². The maximum Gasteiger partial charge on any atom is 0.221 e. The Morgan fingerprint density at radius 1 is 0.759 bits per heavy atom. The Kier molecular flexibility index (Phi) is 9.39. The van der Waals surface area contributed by atoms with Crippen LogP contribution in [0, 0.1) is 0 Å². The molecule has 0 aliphatic carbocycles. The van der Waals surface area contributed by atoms with Gasteiger partial charge in [0.2, 0.25) is 11.8 Å². The highest BCUT2D eigenvalue weighted by atomic mass is 16.5. The number of carbonyl (C=O) groups is 2. The van der Waals surface area contributed by atoms with Crippen LogP contribution in [0.5, 0.6) is 0 Å². The van der Waals surface area contributed by atoms with Crippen LogP contribution < -0.4 is 10.6 Å². The maximum atomic E-state index is 11.0. The van der Waals surface area contributed by atoms with Crippen molar-refractivity contribution in [3.8, 4) is 0 Å². The van der Waals surface area contributed by atoms with Crippen LogP contribution in [0.1, 0.15) is 25.0 Å². The number of rotatable bonds is 10. The monoisotopic (exact) mass is 394 g/mol. The molecule has 0 unspecified atom stereocenters. The minimum atomic E-state index is -0.0882. The number of ether oxygens (including phenoxy) is 2. The Hall–Kier alpha value is -3.18. The van der Waals surface area contributed by atoms with Gasteiger partial charge in [0.1, 0.15) is 0 Å². The van der Waals surface area contributed by atoms with E-state index in [1.165, 1.54) is 13.8 Å². The van der Waals surface area contributed by atoms with Gasteiger partial charge < -0.3 is 20.1 Å². The summed E-state index contributed by atoms with van der Waals surface area (Å²) in [6.07, 6.45) is 3.61. The molecule has 0 atom stereocenters. The van der Waals surface area contributed by atoms with E-state index in [9.17, 15) is 9.59 Å². The second-order valence-corrected chi connectivity index (χ2v) is 6.36. The fraction of sp³-hybridized carbons (Fsp3) is 0.261. The molecule has 2 rings (SSSR count). The Morgan fingerprint density at radius 2 is 1.14 bits per heavy atom. The highest BCUT2D eigenvalue weighted by molar-refractivity contribution is 5.89. The smallest absolute Gasteiger partial charge is 0.221 e. The summed E-state index contributed by atoms with van der Waals surface area (Å²) >= 11 is 0. The molecule has 0 saturated carbocycles. The molecule has 0 saturated heterocycles. The van der Waals surface area contributed by atoms with E-state index in [4.69, 9.17) is 9.47 Å². The lowest BCUT2D eigenvalue weighted by atomic mass is 10.2. The molecule has 6 heteroatoms. The van der Waals surface area contributed by atoms with Crippen molar-refractivity contribution in [3.05, 3.63) is 77.5 Å². The fourth-order valence-corrected chi connectivity index (χ4v) is 2.43. The Morgan fingerprint density at radius 3 is 1.48 bits per heavy atom. The zero-order valence-electron chi connectivity index (χ0n) is 16.7. The van der Waals surface area contributed by atoms with Gasteiger partial charge in [-0.05, 0) is 47.5 Å². The SMILES string of the molecule is CC(=O)Nc1ccc(COCC=C=CCOCc2ccc(NC(C)=O)cc2)cc1. The summed E-state index contributed by atoms with van der Waals surface area (Å²) in [5.74, 6) is -0.176.